The summed E-state index contributed by atoms with van der Waals surface area (Å²) in [6.45, 7) is 1.16. The first-order valence-corrected chi connectivity index (χ1v) is 7.56. The number of carbonyl (C=O) groups is 2. The van der Waals surface area contributed by atoms with Crippen LogP contribution >= 0.6 is 0 Å². The van der Waals surface area contributed by atoms with Gasteiger partial charge in [0.15, 0.2) is 0 Å². The number of pyridine rings is 1. The molecule has 0 aliphatic heterocycles. The molecule has 1 aromatic carbocycles. The molecule has 26 heavy (non-hydrogen) atoms. The van der Waals surface area contributed by atoms with Crippen LogP contribution < -0.4 is 10.6 Å². The van der Waals surface area contributed by atoms with Gasteiger partial charge in [-0.15, -0.1) is 0 Å². The molecule has 1 atom stereocenters. The fraction of sp³-hybridized carbons (Fsp3) is 0.235. The van der Waals surface area contributed by atoms with Crippen molar-refractivity contribution in [1.29, 1.82) is 0 Å². The largest absolute Gasteiger partial charge is 0.480 e. The smallest absolute Gasteiger partial charge is 0.433 e. The molecule has 3 N–H and O–H groups in total. The first kappa shape index (κ1) is 19.2. The average Bonchev–Trinajstić information content (AvgIpc) is 2.59. The minimum Gasteiger partial charge on any atom is -0.480 e. The third kappa shape index (κ3) is 5.20. The third-order valence-electron chi connectivity index (χ3n) is 3.56. The molecule has 0 saturated carbocycles. The fourth-order valence-electron chi connectivity index (χ4n) is 2.15. The van der Waals surface area contributed by atoms with Crippen LogP contribution in [0.15, 0.2) is 42.6 Å². The normalized spacial score (nSPS) is 12.3. The number of anilines is 2. The number of halogens is 3. The highest BCUT2D eigenvalue weighted by atomic mass is 19.4. The predicted octanol–water partition coefficient (Wildman–Crippen LogP) is 3.15. The van der Waals surface area contributed by atoms with Gasteiger partial charge in [-0.3, -0.25) is 14.6 Å². The summed E-state index contributed by atoms with van der Waals surface area (Å²) < 4.78 is 38.0. The minimum atomic E-state index is -4.53. The van der Waals surface area contributed by atoms with E-state index in [0.717, 1.165) is 12.3 Å². The SMILES string of the molecule is CC(C(=O)NCC(=O)O)c1ccc(Nc2ccnc(C(F)(F)F)c2)cc1. The van der Waals surface area contributed by atoms with Crippen molar-refractivity contribution < 1.29 is 27.9 Å². The second-order valence-electron chi connectivity index (χ2n) is 5.51. The van der Waals surface area contributed by atoms with Gasteiger partial charge in [0, 0.05) is 17.6 Å². The maximum atomic E-state index is 12.7. The third-order valence-corrected chi connectivity index (χ3v) is 3.56. The van der Waals surface area contributed by atoms with Crippen molar-refractivity contribution in [3.63, 3.8) is 0 Å². The predicted molar refractivity (Wildman–Crippen MR) is 88.0 cm³/mol. The molecule has 6 nitrogen and oxygen atoms in total. The molecular weight excluding hydrogens is 351 g/mol. The number of aliphatic carboxylic acids is 1. The zero-order valence-electron chi connectivity index (χ0n) is 13.7. The van der Waals surface area contributed by atoms with Crippen molar-refractivity contribution in [2.24, 2.45) is 0 Å². The van der Waals surface area contributed by atoms with E-state index in [9.17, 15) is 22.8 Å². The van der Waals surface area contributed by atoms with Gasteiger partial charge in [0.05, 0.1) is 5.92 Å². The molecule has 1 amide bonds. The Bertz CT molecular complexity index is 792. The highest BCUT2D eigenvalue weighted by Gasteiger charge is 2.32. The Kier molecular flexibility index (Phi) is 5.81. The van der Waals surface area contributed by atoms with E-state index >= 15 is 0 Å². The second kappa shape index (κ2) is 7.85. The van der Waals surface area contributed by atoms with E-state index < -0.39 is 36.2 Å². The maximum absolute atomic E-state index is 12.7. The molecule has 0 spiro atoms. The number of nitrogens with one attached hydrogen (secondary N) is 2. The summed E-state index contributed by atoms with van der Waals surface area (Å²) in [5.74, 6) is -2.14. The van der Waals surface area contributed by atoms with Gasteiger partial charge in [-0.1, -0.05) is 12.1 Å². The summed E-state index contributed by atoms with van der Waals surface area (Å²) in [7, 11) is 0. The lowest BCUT2D eigenvalue weighted by Crippen LogP contribution is -2.32. The fourth-order valence-corrected chi connectivity index (χ4v) is 2.15. The van der Waals surface area contributed by atoms with Gasteiger partial charge in [-0.05, 0) is 36.8 Å². The number of aromatic nitrogens is 1. The summed E-state index contributed by atoms with van der Waals surface area (Å²) in [6, 6.07) is 8.81. The van der Waals surface area contributed by atoms with Crippen LogP contribution in [-0.2, 0) is 15.8 Å². The van der Waals surface area contributed by atoms with E-state index in [-0.39, 0.29) is 5.69 Å². The molecule has 1 aromatic heterocycles. The highest BCUT2D eigenvalue weighted by molar-refractivity contribution is 5.86. The lowest BCUT2D eigenvalue weighted by Gasteiger charge is -2.13. The first-order chi connectivity index (χ1) is 12.2. The number of carboxylic acid groups (broad SMARTS) is 1. The Balaban J connectivity index is 2.06. The summed E-state index contributed by atoms with van der Waals surface area (Å²) >= 11 is 0. The van der Waals surface area contributed by atoms with Crippen LogP contribution in [0.25, 0.3) is 0 Å². The minimum absolute atomic E-state index is 0.229. The van der Waals surface area contributed by atoms with Gasteiger partial charge < -0.3 is 15.7 Å². The molecule has 9 heteroatoms. The molecule has 2 aromatic rings. The van der Waals surface area contributed by atoms with Crippen molar-refractivity contribution in [1.82, 2.24) is 10.3 Å². The van der Waals surface area contributed by atoms with Crippen LogP contribution in [0.5, 0.6) is 0 Å². The number of hydrogen-bond acceptors (Lipinski definition) is 4. The first-order valence-electron chi connectivity index (χ1n) is 7.56. The summed E-state index contributed by atoms with van der Waals surface area (Å²) in [5.41, 5.74) is 0.408. The van der Waals surface area contributed by atoms with Crippen molar-refractivity contribution in [3.8, 4) is 0 Å². The summed E-state index contributed by atoms with van der Waals surface area (Å²) in [5, 5.41) is 13.7. The Morgan fingerprint density at radius 3 is 2.38 bits per heavy atom. The quantitative estimate of drug-likeness (QED) is 0.730. The van der Waals surface area contributed by atoms with Crippen LogP contribution in [0.4, 0.5) is 24.5 Å². The molecule has 0 radical (unpaired) electrons. The van der Waals surface area contributed by atoms with E-state index in [1.807, 2.05) is 0 Å². The van der Waals surface area contributed by atoms with E-state index in [1.165, 1.54) is 6.07 Å². The Hall–Kier alpha value is -3.10. The van der Waals surface area contributed by atoms with Gasteiger partial charge >= 0.3 is 12.1 Å². The Morgan fingerprint density at radius 1 is 1.15 bits per heavy atom. The molecule has 0 aliphatic rings. The molecule has 138 valence electrons. The Labute approximate surface area is 147 Å². The number of nitrogens with zero attached hydrogens (tertiary/aromatic N) is 1. The van der Waals surface area contributed by atoms with Crippen molar-refractivity contribution in [2.75, 3.05) is 11.9 Å². The van der Waals surface area contributed by atoms with Gasteiger partial charge in [0.1, 0.15) is 12.2 Å². The monoisotopic (exact) mass is 367 g/mol. The van der Waals surface area contributed by atoms with Gasteiger partial charge in [-0.25, -0.2) is 0 Å². The van der Waals surface area contributed by atoms with Crippen LogP contribution in [0.1, 0.15) is 24.1 Å². The Morgan fingerprint density at radius 2 is 1.81 bits per heavy atom. The van der Waals surface area contributed by atoms with Crippen molar-refractivity contribution in [3.05, 3.63) is 53.9 Å². The van der Waals surface area contributed by atoms with Gasteiger partial charge in [0.25, 0.3) is 0 Å². The molecular formula is C17H16F3N3O3. The molecule has 1 unspecified atom stereocenters. The van der Waals surface area contributed by atoms with Crippen LogP contribution in [-0.4, -0.2) is 28.5 Å². The van der Waals surface area contributed by atoms with Crippen molar-refractivity contribution >= 4 is 23.3 Å². The van der Waals surface area contributed by atoms with Gasteiger partial charge in [-0.2, -0.15) is 13.2 Å². The number of benzene rings is 1. The van der Waals surface area contributed by atoms with Gasteiger partial charge in [0.2, 0.25) is 5.91 Å². The summed E-state index contributed by atoms with van der Waals surface area (Å²) in [4.78, 5) is 25.6. The number of hydrogen-bond donors (Lipinski definition) is 3. The maximum Gasteiger partial charge on any atom is 0.433 e. The molecule has 0 fully saturated rings. The number of carboxylic acids is 1. The lowest BCUT2D eigenvalue weighted by molar-refractivity contribution is -0.141. The molecule has 0 aliphatic carbocycles. The number of carbonyl (C=O) groups excluding carboxylic acids is 1. The van der Waals surface area contributed by atoms with Crippen LogP contribution in [0.2, 0.25) is 0 Å². The standard InChI is InChI=1S/C17H16F3N3O3/c1-10(16(26)22-9-15(24)25)11-2-4-12(5-3-11)23-13-6-7-21-14(8-13)17(18,19)20/h2-8,10H,9H2,1H3,(H,21,23)(H,22,26)(H,24,25). The van der Waals surface area contributed by atoms with E-state index in [0.29, 0.717) is 11.3 Å². The average molecular weight is 367 g/mol. The second-order valence-corrected chi connectivity index (χ2v) is 5.51. The zero-order valence-corrected chi connectivity index (χ0v) is 13.7. The van der Waals surface area contributed by atoms with E-state index in [1.54, 1.807) is 31.2 Å². The van der Waals surface area contributed by atoms with Crippen molar-refractivity contribution in [2.45, 2.75) is 19.0 Å². The number of alkyl halides is 3. The van der Waals surface area contributed by atoms with E-state index in [2.05, 4.69) is 15.6 Å². The molecule has 1 heterocycles. The number of rotatable bonds is 6. The van der Waals surface area contributed by atoms with Crippen LogP contribution in [0, 0.1) is 0 Å². The molecule has 0 bridgehead atoms. The van der Waals surface area contributed by atoms with Crippen LogP contribution in [0.3, 0.4) is 0 Å². The number of amides is 1. The van der Waals surface area contributed by atoms with E-state index in [4.69, 9.17) is 5.11 Å². The lowest BCUT2D eigenvalue weighted by atomic mass is 10.00. The zero-order chi connectivity index (χ0) is 19.3. The topological polar surface area (TPSA) is 91.3 Å². The molecule has 2 rings (SSSR count). The summed E-state index contributed by atoms with van der Waals surface area (Å²) in [6.07, 6.45) is -3.46. The molecule has 0 saturated heterocycles. The highest BCUT2D eigenvalue weighted by Crippen LogP contribution is 2.29.